The summed E-state index contributed by atoms with van der Waals surface area (Å²) in [7, 11) is 0. The fraction of sp³-hybridized carbons (Fsp3) is 1.00. The maximum atomic E-state index is 0. The fourth-order valence-corrected chi connectivity index (χ4v) is 0. The molecule has 0 nitrogen and oxygen atoms in total. The first-order valence-corrected chi connectivity index (χ1v) is 0. The standard InChI is InChI=1S/CH4.4ClH.Ti/h1H4;4*1H;/q;;;;;+4/p-4. The van der Waals surface area contributed by atoms with Gasteiger partial charge in [-0.25, -0.2) is 0 Å². The molecule has 0 unspecified atom stereocenters. The predicted molar refractivity (Wildman–Crippen MR) is 6.73 cm³/mol. The van der Waals surface area contributed by atoms with Gasteiger partial charge in [0.25, 0.3) is 0 Å². The molecule has 0 spiro atoms. The molecule has 0 amide bonds. The SMILES string of the molecule is C.[Cl-].[Cl-].[Cl-].[Cl-].[Ti+4]. The molecule has 0 aromatic heterocycles. The van der Waals surface area contributed by atoms with E-state index in [0.717, 1.165) is 0 Å². The molecule has 5 heteroatoms. The fourth-order valence-electron chi connectivity index (χ4n) is 0. The normalized spacial score (nSPS) is 0. The van der Waals surface area contributed by atoms with Crippen molar-refractivity contribution in [3.05, 3.63) is 0 Å². The number of rotatable bonds is 0. The second-order valence-corrected chi connectivity index (χ2v) is 0. The predicted octanol–water partition coefficient (Wildman–Crippen LogP) is -11.4. The molecule has 0 bridgehead atoms. The summed E-state index contributed by atoms with van der Waals surface area (Å²) in [6, 6.07) is 0. The van der Waals surface area contributed by atoms with Gasteiger partial charge in [0.05, 0.1) is 0 Å². The zero-order valence-corrected chi connectivity index (χ0v) is 6.60. The summed E-state index contributed by atoms with van der Waals surface area (Å²) in [5.74, 6) is 0. The van der Waals surface area contributed by atoms with Gasteiger partial charge in [-0.2, -0.15) is 0 Å². The van der Waals surface area contributed by atoms with Crippen molar-refractivity contribution in [1.29, 1.82) is 0 Å². The number of hydrogen-bond acceptors (Lipinski definition) is 0. The topological polar surface area (TPSA) is 0 Å². The van der Waals surface area contributed by atoms with Gasteiger partial charge >= 0.3 is 21.7 Å². The van der Waals surface area contributed by atoms with Gasteiger partial charge in [0, 0.05) is 0 Å². The minimum absolute atomic E-state index is 0. The van der Waals surface area contributed by atoms with Crippen LogP contribution in [0.1, 0.15) is 7.43 Å². The van der Waals surface area contributed by atoms with E-state index in [-0.39, 0.29) is 78.8 Å². The zero-order valence-electron chi connectivity index (χ0n) is 2.01. The van der Waals surface area contributed by atoms with Gasteiger partial charge in [-0.1, -0.05) is 7.43 Å². The van der Waals surface area contributed by atoms with Gasteiger partial charge in [-0.05, 0) is 0 Å². The first kappa shape index (κ1) is 106. The smallest absolute Gasteiger partial charge is 1.00 e. The van der Waals surface area contributed by atoms with Crippen molar-refractivity contribution in [3.63, 3.8) is 0 Å². The molecular formula is CH4Cl4Ti. The van der Waals surface area contributed by atoms with Crippen LogP contribution in [0.15, 0.2) is 0 Å². The molecule has 0 saturated carbocycles. The summed E-state index contributed by atoms with van der Waals surface area (Å²) < 4.78 is 0. The summed E-state index contributed by atoms with van der Waals surface area (Å²) in [5.41, 5.74) is 0. The van der Waals surface area contributed by atoms with Gasteiger partial charge in [0.1, 0.15) is 0 Å². The third-order valence-electron chi connectivity index (χ3n) is 0. The van der Waals surface area contributed by atoms with Gasteiger partial charge in [-0.15, -0.1) is 0 Å². The van der Waals surface area contributed by atoms with Crippen molar-refractivity contribution in [2.24, 2.45) is 0 Å². The second kappa shape index (κ2) is 67.5. The Morgan fingerprint density at radius 2 is 0.500 bits per heavy atom. The summed E-state index contributed by atoms with van der Waals surface area (Å²) in [4.78, 5) is 0. The molecule has 0 atom stereocenters. The summed E-state index contributed by atoms with van der Waals surface area (Å²) in [6.07, 6.45) is 0. The molecule has 0 aromatic rings. The maximum absolute atomic E-state index is 0. The van der Waals surface area contributed by atoms with Crippen LogP contribution < -0.4 is 49.6 Å². The van der Waals surface area contributed by atoms with Crippen LogP contribution in [0.4, 0.5) is 0 Å². The largest absolute Gasteiger partial charge is 4.00 e. The Morgan fingerprint density at radius 3 is 0.500 bits per heavy atom. The first-order valence-electron chi connectivity index (χ1n) is 0. The van der Waals surface area contributed by atoms with Crippen molar-refractivity contribution >= 4 is 0 Å². The molecule has 0 saturated heterocycles. The molecule has 0 rings (SSSR count). The maximum Gasteiger partial charge on any atom is 4.00 e. The molecule has 6 heavy (non-hydrogen) atoms. The first-order chi connectivity index (χ1) is 0. The van der Waals surface area contributed by atoms with E-state index in [2.05, 4.69) is 0 Å². The Balaban J connectivity index is 0. The number of hydrogen-bond donors (Lipinski definition) is 0. The minimum Gasteiger partial charge on any atom is -1.00 e. The Labute approximate surface area is 78.4 Å². The van der Waals surface area contributed by atoms with E-state index in [1.165, 1.54) is 0 Å². The third-order valence-corrected chi connectivity index (χ3v) is 0. The Bertz CT molecular complexity index is 7.51. The molecule has 0 radical (unpaired) electrons. The third kappa shape index (κ3) is 39.7. The van der Waals surface area contributed by atoms with E-state index in [4.69, 9.17) is 0 Å². The van der Waals surface area contributed by atoms with Gasteiger partial charge in [0.15, 0.2) is 0 Å². The van der Waals surface area contributed by atoms with E-state index in [1.807, 2.05) is 0 Å². The monoisotopic (exact) mass is 204 g/mol. The van der Waals surface area contributed by atoms with Gasteiger partial charge in [-0.3, -0.25) is 0 Å². The van der Waals surface area contributed by atoms with Crippen LogP contribution in [0.3, 0.4) is 0 Å². The minimum atomic E-state index is 0. The van der Waals surface area contributed by atoms with Crippen molar-refractivity contribution in [2.45, 2.75) is 7.43 Å². The molecule has 0 heterocycles. The average molecular weight is 206 g/mol. The molecular weight excluding hydrogens is 202 g/mol. The Hall–Kier alpha value is 1.87. The van der Waals surface area contributed by atoms with E-state index < -0.39 is 0 Å². The molecule has 0 fully saturated rings. The van der Waals surface area contributed by atoms with Crippen LogP contribution in [0.5, 0.6) is 0 Å². The van der Waals surface area contributed by atoms with E-state index in [1.54, 1.807) is 0 Å². The van der Waals surface area contributed by atoms with Crippen molar-refractivity contribution < 1.29 is 71.3 Å². The van der Waals surface area contributed by atoms with Crippen molar-refractivity contribution in [1.82, 2.24) is 0 Å². The van der Waals surface area contributed by atoms with E-state index in [9.17, 15) is 0 Å². The van der Waals surface area contributed by atoms with Crippen LogP contribution in [-0.2, 0) is 21.7 Å². The zero-order chi connectivity index (χ0) is 0. The molecule has 0 aliphatic rings. The molecule has 0 aromatic carbocycles. The molecule has 0 N–H and O–H groups in total. The molecule has 40 valence electrons. The summed E-state index contributed by atoms with van der Waals surface area (Å²) >= 11 is 0. The Morgan fingerprint density at radius 1 is 0.500 bits per heavy atom. The van der Waals surface area contributed by atoms with Crippen LogP contribution in [0, 0.1) is 0 Å². The van der Waals surface area contributed by atoms with E-state index in [0.29, 0.717) is 0 Å². The van der Waals surface area contributed by atoms with Crippen LogP contribution >= 0.6 is 0 Å². The Kier molecular flexibility index (Phi) is 1190. The summed E-state index contributed by atoms with van der Waals surface area (Å²) in [5, 5.41) is 0. The quantitative estimate of drug-likeness (QED) is 0.345. The second-order valence-electron chi connectivity index (χ2n) is 0. The molecule has 0 aliphatic heterocycles. The van der Waals surface area contributed by atoms with Crippen LogP contribution in [0.2, 0.25) is 0 Å². The van der Waals surface area contributed by atoms with Crippen molar-refractivity contribution in [2.75, 3.05) is 0 Å². The number of halogens is 4. The van der Waals surface area contributed by atoms with Gasteiger partial charge < -0.3 is 49.6 Å². The van der Waals surface area contributed by atoms with Crippen LogP contribution in [-0.4, -0.2) is 0 Å². The summed E-state index contributed by atoms with van der Waals surface area (Å²) in [6.45, 7) is 0. The van der Waals surface area contributed by atoms with Gasteiger partial charge in [0.2, 0.25) is 0 Å². The van der Waals surface area contributed by atoms with Crippen LogP contribution in [0.25, 0.3) is 0 Å². The van der Waals surface area contributed by atoms with E-state index >= 15 is 0 Å². The molecule has 0 aliphatic carbocycles. The average Bonchev–Trinajstić information content (AvgIpc) is 0. The van der Waals surface area contributed by atoms with Crippen molar-refractivity contribution in [3.8, 4) is 0 Å².